The molecular weight excluding hydrogens is 194 g/mol. The molecule has 0 saturated heterocycles. The zero-order valence-corrected chi connectivity index (χ0v) is 9.45. The first-order valence-corrected chi connectivity index (χ1v) is 5.30. The van der Waals surface area contributed by atoms with Gasteiger partial charge < -0.3 is 16.4 Å². The van der Waals surface area contributed by atoms with Gasteiger partial charge in [-0.05, 0) is 25.8 Å². The summed E-state index contributed by atoms with van der Waals surface area (Å²) in [6.07, 6.45) is 2.96. The maximum absolute atomic E-state index is 10.8. The lowest BCUT2D eigenvalue weighted by Crippen LogP contribution is -2.40. The topological polar surface area (TPSA) is 84.2 Å². The molecule has 5 heteroatoms. The third-order valence-corrected chi connectivity index (χ3v) is 2.08. The second kappa shape index (κ2) is 8.23. The molecule has 0 aliphatic carbocycles. The molecule has 0 unspecified atom stereocenters. The number of carbonyl (C=O) groups excluding carboxylic acids is 2. The second-order valence-corrected chi connectivity index (χ2v) is 3.84. The van der Waals surface area contributed by atoms with Crippen LogP contribution in [-0.2, 0) is 9.59 Å². The number of nitrogens with one attached hydrogen (secondary N) is 2. The van der Waals surface area contributed by atoms with Gasteiger partial charge in [-0.2, -0.15) is 0 Å². The van der Waals surface area contributed by atoms with E-state index in [2.05, 4.69) is 24.5 Å². The Balaban J connectivity index is 3.53. The van der Waals surface area contributed by atoms with Crippen LogP contribution in [0.3, 0.4) is 0 Å². The molecule has 0 aliphatic rings. The van der Waals surface area contributed by atoms with Gasteiger partial charge in [-0.15, -0.1) is 0 Å². The van der Waals surface area contributed by atoms with E-state index in [9.17, 15) is 9.59 Å². The number of hydrogen-bond donors (Lipinski definition) is 3. The molecule has 0 radical (unpaired) electrons. The van der Waals surface area contributed by atoms with Crippen LogP contribution in [0.4, 0.5) is 0 Å². The minimum absolute atomic E-state index is 0.473. The van der Waals surface area contributed by atoms with Gasteiger partial charge in [-0.25, -0.2) is 0 Å². The van der Waals surface area contributed by atoms with Crippen molar-refractivity contribution in [1.82, 2.24) is 10.6 Å². The van der Waals surface area contributed by atoms with E-state index < -0.39 is 11.9 Å². The lowest BCUT2D eigenvalue weighted by Gasteiger charge is -2.12. The molecule has 2 amide bonds. The third kappa shape index (κ3) is 7.93. The average molecular weight is 215 g/mol. The largest absolute Gasteiger partial charge is 0.368 e. The average Bonchev–Trinajstić information content (AvgIpc) is 2.15. The summed E-state index contributed by atoms with van der Waals surface area (Å²) < 4.78 is 0. The van der Waals surface area contributed by atoms with E-state index in [1.54, 1.807) is 0 Å². The summed E-state index contributed by atoms with van der Waals surface area (Å²) in [7, 11) is 0. The Labute approximate surface area is 90.8 Å². The van der Waals surface area contributed by atoms with Crippen LogP contribution >= 0.6 is 0 Å². The number of unbranched alkanes of at least 4 members (excludes halogenated alkanes) is 1. The summed E-state index contributed by atoms with van der Waals surface area (Å²) in [6, 6.07) is -0.0495. The number of primary amides is 1. The van der Waals surface area contributed by atoms with E-state index in [1.807, 2.05) is 0 Å². The fourth-order valence-electron chi connectivity index (χ4n) is 1.25. The van der Waals surface area contributed by atoms with Gasteiger partial charge >= 0.3 is 0 Å². The smallest absolute Gasteiger partial charge is 0.239 e. The Morgan fingerprint density at radius 3 is 2.53 bits per heavy atom. The van der Waals surface area contributed by atoms with Crippen LogP contribution in [0.5, 0.6) is 0 Å². The van der Waals surface area contributed by atoms with Gasteiger partial charge in [0, 0.05) is 6.04 Å². The quantitative estimate of drug-likeness (QED) is 0.366. The molecule has 1 atom stereocenters. The minimum Gasteiger partial charge on any atom is -0.368 e. The highest BCUT2D eigenvalue weighted by molar-refractivity contribution is 5.81. The van der Waals surface area contributed by atoms with E-state index in [1.165, 1.54) is 0 Å². The third-order valence-electron chi connectivity index (χ3n) is 2.08. The highest BCUT2D eigenvalue weighted by atomic mass is 16.2. The van der Waals surface area contributed by atoms with Crippen molar-refractivity contribution in [3.63, 3.8) is 0 Å². The molecule has 0 heterocycles. The van der Waals surface area contributed by atoms with Crippen LogP contribution in [-0.4, -0.2) is 30.9 Å². The molecule has 5 nitrogen and oxygen atoms in total. The van der Waals surface area contributed by atoms with Crippen molar-refractivity contribution in [1.29, 1.82) is 0 Å². The van der Waals surface area contributed by atoms with Crippen LogP contribution in [0.2, 0.25) is 0 Å². The fourth-order valence-corrected chi connectivity index (χ4v) is 1.25. The van der Waals surface area contributed by atoms with Crippen molar-refractivity contribution in [3.8, 4) is 0 Å². The van der Waals surface area contributed by atoms with E-state index in [-0.39, 0.29) is 0 Å². The lowest BCUT2D eigenvalue weighted by atomic mass is 10.1. The standard InChI is InChI=1S/C10H21N3O2/c1-8(2)12-6-4-3-5-9(10(11)15)13-7-14/h7-9,12H,3-6H2,1-2H3,(H2,11,15)(H,13,14)/t9-/m0/s1. The predicted molar refractivity (Wildman–Crippen MR) is 59.2 cm³/mol. The minimum atomic E-state index is -0.526. The Morgan fingerprint density at radius 2 is 2.07 bits per heavy atom. The summed E-state index contributed by atoms with van der Waals surface area (Å²) in [4.78, 5) is 21.0. The lowest BCUT2D eigenvalue weighted by molar-refractivity contribution is -0.122. The molecule has 88 valence electrons. The van der Waals surface area contributed by atoms with Crippen LogP contribution in [0.25, 0.3) is 0 Å². The van der Waals surface area contributed by atoms with E-state index >= 15 is 0 Å². The number of nitrogens with two attached hydrogens (primary N) is 1. The van der Waals surface area contributed by atoms with Gasteiger partial charge in [-0.1, -0.05) is 13.8 Å². The first-order valence-electron chi connectivity index (χ1n) is 5.30. The molecule has 0 spiro atoms. The molecule has 0 aromatic carbocycles. The van der Waals surface area contributed by atoms with Crippen molar-refractivity contribution in [2.45, 2.75) is 45.2 Å². The fraction of sp³-hybridized carbons (Fsp3) is 0.800. The highest BCUT2D eigenvalue weighted by Gasteiger charge is 2.12. The maximum atomic E-state index is 10.8. The molecule has 0 aliphatic heterocycles. The first kappa shape index (κ1) is 13.9. The summed E-state index contributed by atoms with van der Waals surface area (Å²) >= 11 is 0. The predicted octanol–water partition coefficient (Wildman–Crippen LogP) is -0.245. The van der Waals surface area contributed by atoms with Gasteiger partial charge in [0.2, 0.25) is 12.3 Å². The van der Waals surface area contributed by atoms with E-state index in [0.717, 1.165) is 19.4 Å². The first-order chi connectivity index (χ1) is 7.07. The molecule has 0 bridgehead atoms. The highest BCUT2D eigenvalue weighted by Crippen LogP contribution is 1.99. The Morgan fingerprint density at radius 1 is 1.40 bits per heavy atom. The molecule has 0 fully saturated rings. The number of carbonyl (C=O) groups is 2. The second-order valence-electron chi connectivity index (χ2n) is 3.84. The normalized spacial score (nSPS) is 12.5. The number of hydrogen-bond acceptors (Lipinski definition) is 3. The number of amides is 2. The summed E-state index contributed by atoms with van der Waals surface area (Å²) in [5, 5.41) is 5.68. The van der Waals surface area contributed by atoms with Crippen LogP contribution < -0.4 is 16.4 Å². The molecule has 0 aromatic heterocycles. The molecular formula is C10H21N3O2. The Bertz CT molecular complexity index is 195. The van der Waals surface area contributed by atoms with Crippen molar-refractivity contribution < 1.29 is 9.59 Å². The van der Waals surface area contributed by atoms with Crippen molar-refractivity contribution >= 4 is 12.3 Å². The van der Waals surface area contributed by atoms with Crippen LogP contribution in [0.1, 0.15) is 33.1 Å². The molecule has 4 N–H and O–H groups in total. The summed E-state index contributed by atoms with van der Waals surface area (Å²) in [5.41, 5.74) is 5.11. The Hall–Kier alpha value is -1.10. The van der Waals surface area contributed by atoms with Gasteiger partial charge in [0.15, 0.2) is 0 Å². The van der Waals surface area contributed by atoms with Gasteiger partial charge in [0.1, 0.15) is 6.04 Å². The van der Waals surface area contributed by atoms with Crippen LogP contribution in [0.15, 0.2) is 0 Å². The molecule has 15 heavy (non-hydrogen) atoms. The van der Waals surface area contributed by atoms with Gasteiger partial charge in [0.05, 0.1) is 0 Å². The summed E-state index contributed by atoms with van der Waals surface area (Å²) in [6.45, 7) is 5.09. The zero-order valence-electron chi connectivity index (χ0n) is 9.45. The SMILES string of the molecule is CC(C)NCCCC[C@H](NC=O)C(N)=O. The van der Waals surface area contributed by atoms with E-state index in [4.69, 9.17) is 5.73 Å². The van der Waals surface area contributed by atoms with Gasteiger partial charge in [0.25, 0.3) is 0 Å². The van der Waals surface area contributed by atoms with Crippen molar-refractivity contribution in [3.05, 3.63) is 0 Å². The molecule has 0 aromatic rings. The molecule has 0 saturated carbocycles. The maximum Gasteiger partial charge on any atom is 0.239 e. The zero-order chi connectivity index (χ0) is 11.7. The molecule has 0 rings (SSSR count). The van der Waals surface area contributed by atoms with Crippen molar-refractivity contribution in [2.75, 3.05) is 6.54 Å². The van der Waals surface area contributed by atoms with E-state index in [0.29, 0.717) is 18.9 Å². The number of rotatable bonds is 9. The van der Waals surface area contributed by atoms with Crippen molar-refractivity contribution in [2.24, 2.45) is 5.73 Å². The monoisotopic (exact) mass is 215 g/mol. The van der Waals surface area contributed by atoms with Crippen LogP contribution in [0, 0.1) is 0 Å². The van der Waals surface area contributed by atoms with Gasteiger partial charge in [-0.3, -0.25) is 9.59 Å². The Kier molecular flexibility index (Phi) is 7.62. The summed E-state index contributed by atoms with van der Waals surface area (Å²) in [5.74, 6) is -0.473.